The average molecular weight is 345 g/mol. The van der Waals surface area contributed by atoms with Crippen molar-refractivity contribution in [2.75, 3.05) is 5.32 Å². The lowest BCUT2D eigenvalue weighted by molar-refractivity contribution is 0.163. The van der Waals surface area contributed by atoms with Gasteiger partial charge in [-0.15, -0.1) is 0 Å². The first-order valence-corrected chi connectivity index (χ1v) is 8.26. The lowest BCUT2D eigenvalue weighted by atomic mass is 9.69. The van der Waals surface area contributed by atoms with Gasteiger partial charge in [0, 0.05) is 15.5 Å². The van der Waals surface area contributed by atoms with Gasteiger partial charge in [0.25, 0.3) is 0 Å². The number of benzene rings is 1. The summed E-state index contributed by atoms with van der Waals surface area (Å²) in [6, 6.07) is 6.49. The molecule has 1 saturated carbocycles. The Morgan fingerprint density at radius 1 is 1.21 bits per heavy atom. The van der Waals surface area contributed by atoms with Gasteiger partial charge < -0.3 is 5.32 Å². The zero-order valence-electron chi connectivity index (χ0n) is 12.0. The second kappa shape index (κ2) is 6.05. The van der Waals surface area contributed by atoms with Crippen LogP contribution in [0.3, 0.4) is 0 Å². The Labute approximate surface area is 130 Å². The normalized spacial score (nSPS) is 24.3. The van der Waals surface area contributed by atoms with Gasteiger partial charge in [0.2, 0.25) is 0 Å². The van der Waals surface area contributed by atoms with Gasteiger partial charge in [-0.3, -0.25) is 0 Å². The van der Waals surface area contributed by atoms with E-state index in [1.807, 2.05) is 18.2 Å². The molecule has 0 spiro atoms. The van der Waals surface area contributed by atoms with Crippen molar-refractivity contribution in [3.8, 4) is 0 Å². The summed E-state index contributed by atoms with van der Waals surface area (Å²) < 4.78 is 1.09. The fourth-order valence-electron chi connectivity index (χ4n) is 3.15. The Kier molecular flexibility index (Phi) is 4.84. The zero-order chi connectivity index (χ0) is 14.0. The molecule has 2 unspecified atom stereocenters. The molecule has 2 rings (SSSR count). The van der Waals surface area contributed by atoms with Crippen molar-refractivity contribution < 1.29 is 0 Å². The van der Waals surface area contributed by atoms with Gasteiger partial charge in [-0.1, -0.05) is 45.2 Å². The summed E-state index contributed by atoms with van der Waals surface area (Å²) in [5, 5.41) is 4.50. The Bertz CT molecular complexity index is 439. The summed E-state index contributed by atoms with van der Waals surface area (Å²) in [5.41, 5.74) is 1.47. The van der Waals surface area contributed by atoms with E-state index in [0.29, 0.717) is 17.4 Å². The molecular formula is C16H23BrClN. The van der Waals surface area contributed by atoms with Crippen LogP contribution in [-0.2, 0) is 0 Å². The average Bonchev–Trinajstić information content (AvgIpc) is 2.33. The van der Waals surface area contributed by atoms with Crippen molar-refractivity contribution in [2.45, 2.75) is 52.5 Å². The number of nitrogens with one attached hydrogen (secondary N) is 1. The third-order valence-electron chi connectivity index (χ3n) is 4.15. The van der Waals surface area contributed by atoms with E-state index >= 15 is 0 Å². The third-order valence-corrected chi connectivity index (χ3v) is 5.07. The molecule has 0 radical (unpaired) electrons. The van der Waals surface area contributed by atoms with E-state index in [4.69, 9.17) is 11.6 Å². The molecule has 1 aromatic carbocycles. The van der Waals surface area contributed by atoms with Crippen molar-refractivity contribution in [3.05, 3.63) is 27.7 Å². The Morgan fingerprint density at radius 3 is 2.58 bits per heavy atom. The van der Waals surface area contributed by atoms with Crippen molar-refractivity contribution in [2.24, 2.45) is 11.3 Å². The summed E-state index contributed by atoms with van der Waals surface area (Å²) in [6.07, 6.45) is 5.25. The fraction of sp³-hybridized carbons (Fsp3) is 0.625. The Hall–Kier alpha value is -0.210. The van der Waals surface area contributed by atoms with E-state index in [-0.39, 0.29) is 0 Å². The lowest BCUT2D eigenvalue weighted by Crippen LogP contribution is -2.39. The number of hydrogen-bond acceptors (Lipinski definition) is 1. The van der Waals surface area contributed by atoms with Crippen LogP contribution in [0.1, 0.15) is 46.5 Å². The van der Waals surface area contributed by atoms with Crippen LogP contribution in [-0.4, -0.2) is 6.04 Å². The van der Waals surface area contributed by atoms with Gasteiger partial charge in [-0.2, -0.15) is 0 Å². The molecule has 2 atom stereocenters. The predicted molar refractivity (Wildman–Crippen MR) is 88.0 cm³/mol. The molecule has 0 bridgehead atoms. The highest BCUT2D eigenvalue weighted by atomic mass is 79.9. The summed E-state index contributed by atoms with van der Waals surface area (Å²) in [5.74, 6) is 0.715. The van der Waals surface area contributed by atoms with Gasteiger partial charge in [-0.05, 0) is 58.3 Å². The highest BCUT2D eigenvalue weighted by molar-refractivity contribution is 9.10. The molecule has 106 valence electrons. The molecule has 0 saturated heterocycles. The lowest BCUT2D eigenvalue weighted by Gasteiger charge is -2.41. The maximum Gasteiger partial charge on any atom is 0.0501 e. The van der Waals surface area contributed by atoms with Crippen molar-refractivity contribution >= 4 is 33.2 Å². The van der Waals surface area contributed by atoms with Crippen molar-refractivity contribution in [1.82, 2.24) is 0 Å². The van der Waals surface area contributed by atoms with Gasteiger partial charge in [0.1, 0.15) is 0 Å². The van der Waals surface area contributed by atoms with E-state index < -0.39 is 0 Å². The van der Waals surface area contributed by atoms with Crippen molar-refractivity contribution in [3.63, 3.8) is 0 Å². The molecular weight excluding hydrogens is 322 g/mol. The Balaban J connectivity index is 2.17. The Morgan fingerprint density at radius 2 is 1.89 bits per heavy atom. The highest BCUT2D eigenvalue weighted by Gasteiger charge is 2.34. The van der Waals surface area contributed by atoms with Crippen LogP contribution in [0.25, 0.3) is 0 Å². The standard InChI is InChI=1S/C16H23BrClN/c1-16(2,3)12-6-4-5-7-14(12)19-15-10-11(18)8-9-13(15)17/h8-10,12,14,19H,4-7H2,1-3H3. The largest absolute Gasteiger partial charge is 0.381 e. The zero-order valence-corrected chi connectivity index (χ0v) is 14.3. The van der Waals surface area contributed by atoms with Crippen LogP contribution in [0.2, 0.25) is 5.02 Å². The van der Waals surface area contributed by atoms with Crippen LogP contribution in [0, 0.1) is 11.3 Å². The quantitative estimate of drug-likeness (QED) is 0.681. The molecule has 1 aliphatic rings. The number of anilines is 1. The predicted octanol–water partition coefficient (Wildman–Crippen LogP) is 6.12. The summed E-state index contributed by atoms with van der Waals surface area (Å²) in [6.45, 7) is 7.06. The SMILES string of the molecule is CC(C)(C)C1CCCCC1Nc1cc(Cl)ccc1Br. The van der Waals surface area contributed by atoms with E-state index in [1.54, 1.807) is 0 Å². The summed E-state index contributed by atoms with van der Waals surface area (Å²) in [7, 11) is 0. The first-order valence-electron chi connectivity index (χ1n) is 7.09. The molecule has 0 aliphatic heterocycles. The summed E-state index contributed by atoms with van der Waals surface area (Å²) in [4.78, 5) is 0. The molecule has 1 N–H and O–H groups in total. The molecule has 0 aromatic heterocycles. The van der Waals surface area contributed by atoms with Crippen LogP contribution >= 0.6 is 27.5 Å². The second-order valence-electron chi connectivity index (χ2n) is 6.63. The second-order valence-corrected chi connectivity index (χ2v) is 7.92. The van der Waals surface area contributed by atoms with Crippen molar-refractivity contribution in [1.29, 1.82) is 0 Å². The summed E-state index contributed by atoms with van der Waals surface area (Å²) >= 11 is 9.71. The molecule has 1 nitrogen and oxygen atoms in total. The fourth-order valence-corrected chi connectivity index (χ4v) is 3.68. The van der Waals surface area contributed by atoms with Crippen LogP contribution < -0.4 is 5.32 Å². The maximum atomic E-state index is 6.10. The third kappa shape index (κ3) is 3.88. The molecule has 3 heteroatoms. The minimum atomic E-state index is 0.350. The van der Waals surface area contributed by atoms with Crippen LogP contribution in [0.4, 0.5) is 5.69 Å². The van der Waals surface area contributed by atoms with Gasteiger partial charge in [-0.25, -0.2) is 0 Å². The van der Waals surface area contributed by atoms with E-state index in [9.17, 15) is 0 Å². The minimum Gasteiger partial charge on any atom is -0.381 e. The minimum absolute atomic E-state index is 0.350. The van der Waals surface area contributed by atoms with Gasteiger partial charge in [0.15, 0.2) is 0 Å². The van der Waals surface area contributed by atoms with Gasteiger partial charge >= 0.3 is 0 Å². The maximum absolute atomic E-state index is 6.10. The molecule has 0 amide bonds. The first kappa shape index (κ1) is 15.2. The highest BCUT2D eigenvalue weighted by Crippen LogP contribution is 2.40. The molecule has 1 fully saturated rings. The molecule has 19 heavy (non-hydrogen) atoms. The van der Waals surface area contributed by atoms with E-state index in [1.165, 1.54) is 25.7 Å². The molecule has 1 aliphatic carbocycles. The number of rotatable bonds is 2. The van der Waals surface area contributed by atoms with Gasteiger partial charge in [0.05, 0.1) is 5.69 Å². The van der Waals surface area contributed by atoms with Crippen LogP contribution in [0.15, 0.2) is 22.7 Å². The molecule has 1 aromatic rings. The van der Waals surface area contributed by atoms with Crippen LogP contribution in [0.5, 0.6) is 0 Å². The number of hydrogen-bond donors (Lipinski definition) is 1. The molecule has 0 heterocycles. The van der Waals surface area contributed by atoms with E-state index in [0.717, 1.165) is 15.2 Å². The topological polar surface area (TPSA) is 12.0 Å². The smallest absolute Gasteiger partial charge is 0.0501 e. The monoisotopic (exact) mass is 343 g/mol. The first-order chi connectivity index (χ1) is 8.88. The number of halogens is 2. The van der Waals surface area contributed by atoms with E-state index in [2.05, 4.69) is 42.0 Å².